The van der Waals surface area contributed by atoms with Gasteiger partial charge in [0.25, 0.3) is 0 Å². The Labute approximate surface area is 97.4 Å². The predicted molar refractivity (Wildman–Crippen MR) is 63.1 cm³/mol. The molecular weight excluding hydrogens is 220 g/mol. The molecule has 17 heavy (non-hydrogen) atoms. The summed E-state index contributed by atoms with van der Waals surface area (Å²) in [5.74, 6) is -0.606. The lowest BCUT2D eigenvalue weighted by Crippen LogP contribution is -2.18. The van der Waals surface area contributed by atoms with Crippen LogP contribution in [0.4, 0.5) is 0 Å². The zero-order valence-electron chi connectivity index (χ0n) is 9.61. The van der Waals surface area contributed by atoms with E-state index in [4.69, 9.17) is 4.74 Å². The van der Waals surface area contributed by atoms with Crippen molar-refractivity contribution in [2.45, 2.75) is 13.8 Å². The van der Waals surface area contributed by atoms with Crippen LogP contribution in [0.25, 0.3) is 10.9 Å². The van der Waals surface area contributed by atoms with E-state index in [-0.39, 0.29) is 17.6 Å². The Morgan fingerprint density at radius 3 is 3.00 bits per heavy atom. The SMILES string of the molecule is CCOC(=O)c1c[nH]c2cnc(C)cc2c1=O. The number of carbonyl (C=O) groups is 1. The molecule has 5 nitrogen and oxygen atoms in total. The zero-order chi connectivity index (χ0) is 12.4. The van der Waals surface area contributed by atoms with Crippen molar-refractivity contribution in [2.24, 2.45) is 0 Å². The molecule has 2 aromatic heterocycles. The number of fused-ring (bicyclic) bond motifs is 1. The van der Waals surface area contributed by atoms with Crippen molar-refractivity contribution < 1.29 is 9.53 Å². The molecule has 2 aromatic rings. The summed E-state index contributed by atoms with van der Waals surface area (Å²) >= 11 is 0. The summed E-state index contributed by atoms with van der Waals surface area (Å²) in [5.41, 5.74) is 1.02. The first-order valence-electron chi connectivity index (χ1n) is 5.28. The molecule has 0 aliphatic rings. The van der Waals surface area contributed by atoms with Gasteiger partial charge in [0, 0.05) is 17.3 Å². The first-order chi connectivity index (χ1) is 8.13. The molecule has 0 unspecified atom stereocenters. The largest absolute Gasteiger partial charge is 0.462 e. The van der Waals surface area contributed by atoms with E-state index in [0.29, 0.717) is 10.9 Å². The number of esters is 1. The van der Waals surface area contributed by atoms with Crippen LogP contribution in [0, 0.1) is 6.92 Å². The average molecular weight is 232 g/mol. The molecule has 5 heteroatoms. The lowest BCUT2D eigenvalue weighted by atomic mass is 10.1. The second-order valence-corrected chi connectivity index (χ2v) is 3.62. The second-order valence-electron chi connectivity index (χ2n) is 3.62. The molecular formula is C12H12N2O3. The summed E-state index contributed by atoms with van der Waals surface area (Å²) in [6, 6.07) is 1.65. The number of hydrogen-bond acceptors (Lipinski definition) is 4. The predicted octanol–water partition coefficient (Wildman–Crippen LogP) is 1.41. The number of aryl methyl sites for hydroxylation is 1. The van der Waals surface area contributed by atoms with Crippen LogP contribution in [0.5, 0.6) is 0 Å². The van der Waals surface area contributed by atoms with Crippen LogP contribution in [0.2, 0.25) is 0 Å². The van der Waals surface area contributed by atoms with E-state index in [2.05, 4.69) is 9.97 Å². The highest BCUT2D eigenvalue weighted by molar-refractivity contribution is 5.93. The smallest absolute Gasteiger partial charge is 0.343 e. The Bertz CT molecular complexity index is 631. The maximum atomic E-state index is 12.0. The van der Waals surface area contributed by atoms with Gasteiger partial charge in [-0.2, -0.15) is 0 Å². The van der Waals surface area contributed by atoms with E-state index >= 15 is 0 Å². The number of H-pyrrole nitrogens is 1. The van der Waals surface area contributed by atoms with Crippen LogP contribution in [-0.2, 0) is 4.74 Å². The molecule has 0 radical (unpaired) electrons. The van der Waals surface area contributed by atoms with Crippen LogP contribution in [-0.4, -0.2) is 22.5 Å². The zero-order valence-corrected chi connectivity index (χ0v) is 9.61. The van der Waals surface area contributed by atoms with Crippen LogP contribution in [0.15, 0.2) is 23.3 Å². The standard InChI is InChI=1S/C12H12N2O3/c1-3-17-12(16)9-5-14-10-6-13-7(2)4-8(10)11(9)15/h4-6H,3H2,1-2H3,(H,14,15). The fourth-order valence-electron chi connectivity index (χ4n) is 1.58. The lowest BCUT2D eigenvalue weighted by molar-refractivity contribution is 0.0524. The molecule has 88 valence electrons. The number of carbonyl (C=O) groups excluding carboxylic acids is 1. The van der Waals surface area contributed by atoms with Gasteiger partial charge in [0.15, 0.2) is 0 Å². The van der Waals surface area contributed by atoms with E-state index in [1.54, 1.807) is 26.1 Å². The van der Waals surface area contributed by atoms with Gasteiger partial charge in [-0.25, -0.2) is 4.79 Å². The van der Waals surface area contributed by atoms with Crippen LogP contribution in [0.3, 0.4) is 0 Å². The van der Waals surface area contributed by atoms with Gasteiger partial charge in [-0.05, 0) is 19.9 Å². The van der Waals surface area contributed by atoms with Crippen molar-refractivity contribution >= 4 is 16.9 Å². The molecule has 0 aromatic carbocycles. The van der Waals surface area contributed by atoms with Crippen molar-refractivity contribution in [3.05, 3.63) is 39.9 Å². The number of hydrogen-bond donors (Lipinski definition) is 1. The van der Waals surface area contributed by atoms with Crippen molar-refractivity contribution in [3.8, 4) is 0 Å². The third kappa shape index (κ3) is 2.04. The third-order valence-corrected chi connectivity index (χ3v) is 2.40. The lowest BCUT2D eigenvalue weighted by Gasteiger charge is -2.03. The second kappa shape index (κ2) is 4.37. The van der Waals surface area contributed by atoms with Crippen molar-refractivity contribution in [3.63, 3.8) is 0 Å². The number of pyridine rings is 2. The molecule has 0 saturated carbocycles. The highest BCUT2D eigenvalue weighted by Crippen LogP contribution is 2.08. The molecule has 0 saturated heterocycles. The van der Waals surface area contributed by atoms with Gasteiger partial charge >= 0.3 is 5.97 Å². The highest BCUT2D eigenvalue weighted by Gasteiger charge is 2.13. The van der Waals surface area contributed by atoms with Crippen molar-refractivity contribution in [2.75, 3.05) is 6.61 Å². The summed E-state index contributed by atoms with van der Waals surface area (Å²) in [6.07, 6.45) is 2.93. The molecule has 0 atom stereocenters. The molecule has 0 aliphatic carbocycles. The fraction of sp³-hybridized carbons (Fsp3) is 0.250. The van der Waals surface area contributed by atoms with Gasteiger partial charge in [0.05, 0.1) is 18.3 Å². The van der Waals surface area contributed by atoms with Crippen LogP contribution >= 0.6 is 0 Å². The number of aromatic nitrogens is 2. The maximum Gasteiger partial charge on any atom is 0.343 e. The first-order valence-corrected chi connectivity index (χ1v) is 5.28. The Balaban J connectivity index is 2.65. The van der Waals surface area contributed by atoms with E-state index < -0.39 is 5.97 Å². The Morgan fingerprint density at radius 2 is 2.29 bits per heavy atom. The number of nitrogens with one attached hydrogen (secondary N) is 1. The monoisotopic (exact) mass is 232 g/mol. The maximum absolute atomic E-state index is 12.0. The van der Waals surface area contributed by atoms with E-state index in [1.165, 1.54) is 6.20 Å². The molecule has 0 fully saturated rings. The molecule has 0 aliphatic heterocycles. The van der Waals surface area contributed by atoms with E-state index in [9.17, 15) is 9.59 Å². The normalized spacial score (nSPS) is 10.5. The van der Waals surface area contributed by atoms with Gasteiger partial charge < -0.3 is 9.72 Å². The minimum Gasteiger partial charge on any atom is -0.462 e. The van der Waals surface area contributed by atoms with Crippen LogP contribution < -0.4 is 5.43 Å². The van der Waals surface area contributed by atoms with E-state index in [1.807, 2.05) is 0 Å². The number of rotatable bonds is 2. The van der Waals surface area contributed by atoms with E-state index in [0.717, 1.165) is 5.69 Å². The third-order valence-electron chi connectivity index (χ3n) is 2.40. The number of nitrogens with zero attached hydrogens (tertiary/aromatic N) is 1. The van der Waals surface area contributed by atoms with Gasteiger partial charge in [0.2, 0.25) is 5.43 Å². The summed E-state index contributed by atoms with van der Waals surface area (Å²) < 4.78 is 4.81. The molecule has 0 spiro atoms. The minimum absolute atomic E-state index is 0.0185. The average Bonchev–Trinajstić information content (AvgIpc) is 2.30. The molecule has 1 N–H and O–H groups in total. The summed E-state index contributed by atoms with van der Waals surface area (Å²) in [5, 5.41) is 0.447. The summed E-state index contributed by atoms with van der Waals surface area (Å²) in [4.78, 5) is 30.5. The molecule has 0 amide bonds. The molecule has 0 bridgehead atoms. The molecule has 2 rings (SSSR count). The molecule has 2 heterocycles. The van der Waals surface area contributed by atoms with Gasteiger partial charge in [0.1, 0.15) is 5.56 Å². The van der Waals surface area contributed by atoms with Crippen LogP contribution in [0.1, 0.15) is 23.0 Å². The minimum atomic E-state index is -0.606. The number of aromatic amines is 1. The summed E-state index contributed by atoms with van der Waals surface area (Å²) in [7, 11) is 0. The first kappa shape index (κ1) is 11.3. The summed E-state index contributed by atoms with van der Waals surface area (Å²) in [6.45, 7) is 3.73. The van der Waals surface area contributed by atoms with Crippen molar-refractivity contribution in [1.82, 2.24) is 9.97 Å². The Hall–Kier alpha value is -2.17. The fourth-order valence-corrected chi connectivity index (χ4v) is 1.58. The number of ether oxygens (including phenoxy) is 1. The van der Waals surface area contributed by atoms with Gasteiger partial charge in [-0.1, -0.05) is 0 Å². The topological polar surface area (TPSA) is 72.1 Å². The van der Waals surface area contributed by atoms with Gasteiger partial charge in [-0.15, -0.1) is 0 Å². The van der Waals surface area contributed by atoms with Crippen molar-refractivity contribution in [1.29, 1.82) is 0 Å². The highest BCUT2D eigenvalue weighted by atomic mass is 16.5. The van der Waals surface area contributed by atoms with Gasteiger partial charge in [-0.3, -0.25) is 9.78 Å². The Morgan fingerprint density at radius 1 is 1.53 bits per heavy atom. The quantitative estimate of drug-likeness (QED) is 0.794. The Kier molecular flexibility index (Phi) is 2.91.